The van der Waals surface area contributed by atoms with Gasteiger partial charge in [0.1, 0.15) is 6.54 Å². The molecule has 1 N–H and O–H groups in total. The lowest BCUT2D eigenvalue weighted by atomic mass is 10.2. The van der Waals surface area contributed by atoms with E-state index in [0.29, 0.717) is 18.7 Å². The highest BCUT2D eigenvalue weighted by Gasteiger charge is 2.28. The number of rotatable bonds is 4. The van der Waals surface area contributed by atoms with E-state index in [1.165, 1.54) is 9.80 Å². The van der Waals surface area contributed by atoms with Crippen molar-refractivity contribution in [2.75, 3.05) is 26.2 Å². The second kappa shape index (κ2) is 7.59. The normalized spacial score (nSPS) is 15.0. The molecule has 0 bridgehead atoms. The number of piperazine rings is 1. The Kier molecular flexibility index (Phi) is 5.76. The molecule has 1 aromatic carbocycles. The summed E-state index contributed by atoms with van der Waals surface area (Å²) in [6.07, 6.45) is 0. The molecule has 7 heteroatoms. The van der Waals surface area contributed by atoms with Crippen molar-refractivity contribution in [2.45, 2.75) is 19.9 Å². The lowest BCUT2D eigenvalue weighted by molar-refractivity contribution is -0.139. The van der Waals surface area contributed by atoms with Gasteiger partial charge in [0.2, 0.25) is 11.8 Å². The summed E-state index contributed by atoms with van der Waals surface area (Å²) < 4.78 is 0.895. The minimum absolute atomic E-state index is 0.00383. The molecule has 0 aliphatic carbocycles. The largest absolute Gasteiger partial charge is 0.352 e. The first-order valence-electron chi connectivity index (χ1n) is 7.49. The Morgan fingerprint density at radius 3 is 2.43 bits per heavy atom. The summed E-state index contributed by atoms with van der Waals surface area (Å²) in [7, 11) is 0. The molecular weight excluding hydrogens is 362 g/mol. The molecule has 1 aromatic rings. The van der Waals surface area contributed by atoms with E-state index in [1.54, 1.807) is 24.3 Å². The van der Waals surface area contributed by atoms with E-state index < -0.39 is 0 Å². The lowest BCUT2D eigenvalue weighted by Crippen LogP contribution is -2.54. The number of carbonyl (C=O) groups excluding carboxylic acids is 3. The van der Waals surface area contributed by atoms with Gasteiger partial charge in [0.25, 0.3) is 5.91 Å². The number of hydrogen-bond acceptors (Lipinski definition) is 3. The first kappa shape index (κ1) is 17.5. The molecule has 2 rings (SSSR count). The van der Waals surface area contributed by atoms with Crippen LogP contribution in [0.3, 0.4) is 0 Å². The SMILES string of the molecule is CC(C)NC(=O)CN1CCN(C(=O)c2ccc(Br)cc2)CC1=O. The van der Waals surface area contributed by atoms with Crippen molar-refractivity contribution in [1.82, 2.24) is 15.1 Å². The highest BCUT2D eigenvalue weighted by atomic mass is 79.9. The Hall–Kier alpha value is -1.89. The van der Waals surface area contributed by atoms with Crippen LogP contribution < -0.4 is 5.32 Å². The number of amides is 3. The number of nitrogens with one attached hydrogen (secondary N) is 1. The van der Waals surface area contributed by atoms with Crippen molar-refractivity contribution < 1.29 is 14.4 Å². The van der Waals surface area contributed by atoms with Gasteiger partial charge >= 0.3 is 0 Å². The van der Waals surface area contributed by atoms with Crippen LogP contribution in [0.4, 0.5) is 0 Å². The summed E-state index contributed by atoms with van der Waals surface area (Å²) >= 11 is 3.32. The van der Waals surface area contributed by atoms with E-state index in [2.05, 4.69) is 21.2 Å². The van der Waals surface area contributed by atoms with E-state index in [1.807, 2.05) is 13.8 Å². The van der Waals surface area contributed by atoms with Crippen molar-refractivity contribution in [3.8, 4) is 0 Å². The average Bonchev–Trinajstić information content (AvgIpc) is 2.48. The molecule has 124 valence electrons. The molecule has 1 aliphatic rings. The molecule has 1 aliphatic heterocycles. The predicted octanol–water partition coefficient (Wildman–Crippen LogP) is 1.26. The Morgan fingerprint density at radius 1 is 1.22 bits per heavy atom. The van der Waals surface area contributed by atoms with Crippen LogP contribution in [0.1, 0.15) is 24.2 Å². The first-order chi connectivity index (χ1) is 10.9. The zero-order chi connectivity index (χ0) is 17.0. The van der Waals surface area contributed by atoms with Crippen molar-refractivity contribution >= 4 is 33.7 Å². The van der Waals surface area contributed by atoms with Gasteiger partial charge in [-0.15, -0.1) is 0 Å². The molecule has 0 aromatic heterocycles. The maximum Gasteiger partial charge on any atom is 0.254 e. The van der Waals surface area contributed by atoms with Gasteiger partial charge in [0.15, 0.2) is 0 Å². The molecule has 0 unspecified atom stereocenters. The average molecular weight is 382 g/mol. The number of hydrogen-bond donors (Lipinski definition) is 1. The van der Waals surface area contributed by atoms with Crippen LogP contribution in [0.15, 0.2) is 28.7 Å². The Bertz CT molecular complexity index is 601. The van der Waals surface area contributed by atoms with E-state index in [-0.39, 0.29) is 36.9 Å². The Labute approximate surface area is 143 Å². The van der Waals surface area contributed by atoms with Gasteiger partial charge in [0, 0.05) is 29.2 Å². The van der Waals surface area contributed by atoms with E-state index in [4.69, 9.17) is 0 Å². The van der Waals surface area contributed by atoms with Crippen LogP contribution in [-0.4, -0.2) is 59.7 Å². The zero-order valence-corrected chi connectivity index (χ0v) is 14.8. The standard InChI is InChI=1S/C16H20BrN3O3/c1-11(2)18-14(21)9-19-7-8-20(10-15(19)22)16(23)12-3-5-13(17)6-4-12/h3-6,11H,7-10H2,1-2H3,(H,18,21). The highest BCUT2D eigenvalue weighted by Crippen LogP contribution is 2.14. The molecule has 6 nitrogen and oxygen atoms in total. The molecular formula is C16H20BrN3O3. The van der Waals surface area contributed by atoms with Crippen molar-refractivity contribution in [1.29, 1.82) is 0 Å². The monoisotopic (exact) mass is 381 g/mol. The highest BCUT2D eigenvalue weighted by molar-refractivity contribution is 9.10. The van der Waals surface area contributed by atoms with Crippen molar-refractivity contribution in [3.63, 3.8) is 0 Å². The van der Waals surface area contributed by atoms with Crippen molar-refractivity contribution in [2.24, 2.45) is 0 Å². The Morgan fingerprint density at radius 2 is 1.87 bits per heavy atom. The molecule has 0 saturated carbocycles. The summed E-state index contributed by atoms with van der Waals surface area (Å²) in [5.74, 6) is -0.557. The molecule has 0 atom stereocenters. The molecule has 0 spiro atoms. The summed E-state index contributed by atoms with van der Waals surface area (Å²) in [5, 5.41) is 2.76. The molecule has 1 saturated heterocycles. The molecule has 1 fully saturated rings. The summed E-state index contributed by atoms with van der Waals surface area (Å²) in [4.78, 5) is 39.3. The van der Waals surface area contributed by atoms with E-state index in [9.17, 15) is 14.4 Å². The maximum atomic E-state index is 12.4. The maximum absolute atomic E-state index is 12.4. The van der Waals surface area contributed by atoms with Crippen LogP contribution in [0, 0.1) is 0 Å². The summed E-state index contributed by atoms with van der Waals surface area (Å²) in [5.41, 5.74) is 0.548. The fraction of sp³-hybridized carbons (Fsp3) is 0.438. The Balaban J connectivity index is 1.93. The first-order valence-corrected chi connectivity index (χ1v) is 8.28. The minimum atomic E-state index is -0.208. The third-order valence-electron chi connectivity index (χ3n) is 3.48. The fourth-order valence-electron chi connectivity index (χ4n) is 2.37. The second-order valence-corrected chi connectivity index (χ2v) is 6.69. The van der Waals surface area contributed by atoms with Crippen LogP contribution >= 0.6 is 15.9 Å². The number of benzene rings is 1. The van der Waals surface area contributed by atoms with Gasteiger partial charge in [-0.25, -0.2) is 0 Å². The number of halogens is 1. The summed E-state index contributed by atoms with van der Waals surface area (Å²) in [6.45, 7) is 4.58. The van der Waals surface area contributed by atoms with Gasteiger partial charge in [-0.1, -0.05) is 15.9 Å². The van der Waals surface area contributed by atoms with Crippen LogP contribution in [0.25, 0.3) is 0 Å². The predicted molar refractivity (Wildman–Crippen MR) is 89.9 cm³/mol. The third kappa shape index (κ3) is 4.79. The van der Waals surface area contributed by atoms with Gasteiger partial charge in [-0.3, -0.25) is 14.4 Å². The van der Waals surface area contributed by atoms with Crippen LogP contribution in [-0.2, 0) is 9.59 Å². The van der Waals surface area contributed by atoms with Crippen LogP contribution in [0.2, 0.25) is 0 Å². The smallest absolute Gasteiger partial charge is 0.254 e. The zero-order valence-electron chi connectivity index (χ0n) is 13.2. The quantitative estimate of drug-likeness (QED) is 0.853. The van der Waals surface area contributed by atoms with Gasteiger partial charge < -0.3 is 15.1 Å². The molecule has 1 heterocycles. The lowest BCUT2D eigenvalue weighted by Gasteiger charge is -2.34. The number of carbonyl (C=O) groups is 3. The topological polar surface area (TPSA) is 69.7 Å². The fourth-order valence-corrected chi connectivity index (χ4v) is 2.63. The van der Waals surface area contributed by atoms with Crippen molar-refractivity contribution in [3.05, 3.63) is 34.3 Å². The van der Waals surface area contributed by atoms with E-state index >= 15 is 0 Å². The molecule has 0 radical (unpaired) electrons. The summed E-state index contributed by atoms with van der Waals surface area (Å²) in [6, 6.07) is 7.07. The van der Waals surface area contributed by atoms with Gasteiger partial charge in [-0.2, -0.15) is 0 Å². The minimum Gasteiger partial charge on any atom is -0.352 e. The third-order valence-corrected chi connectivity index (χ3v) is 4.01. The van der Waals surface area contributed by atoms with Gasteiger partial charge in [-0.05, 0) is 38.1 Å². The van der Waals surface area contributed by atoms with E-state index in [0.717, 1.165) is 4.47 Å². The second-order valence-electron chi connectivity index (χ2n) is 5.77. The van der Waals surface area contributed by atoms with Crippen LogP contribution in [0.5, 0.6) is 0 Å². The molecule has 23 heavy (non-hydrogen) atoms. The van der Waals surface area contributed by atoms with Gasteiger partial charge in [0.05, 0.1) is 6.54 Å². The molecule has 3 amide bonds. The number of nitrogens with zero attached hydrogens (tertiary/aromatic N) is 2.